The van der Waals surface area contributed by atoms with E-state index in [1.54, 1.807) is 66.2 Å². The molecule has 0 radical (unpaired) electrons. The minimum atomic E-state index is -4.65. The first-order valence-corrected chi connectivity index (χ1v) is 9.47. The van der Waals surface area contributed by atoms with E-state index in [0.717, 1.165) is 27.1 Å². The van der Waals surface area contributed by atoms with Crippen molar-refractivity contribution in [2.45, 2.75) is 16.7 Å². The Balaban J connectivity index is 1.93. The highest BCUT2D eigenvalue weighted by molar-refractivity contribution is 7.98. The van der Waals surface area contributed by atoms with E-state index in [2.05, 4.69) is 10.4 Å². The number of alkyl halides is 3. The van der Waals surface area contributed by atoms with Crippen LogP contribution in [0.3, 0.4) is 0 Å². The van der Waals surface area contributed by atoms with Gasteiger partial charge in [-0.2, -0.15) is 13.2 Å². The third-order valence-electron chi connectivity index (χ3n) is 4.80. The maximum absolute atomic E-state index is 14.5. The van der Waals surface area contributed by atoms with Gasteiger partial charge in [0.25, 0.3) is 5.66 Å². The van der Waals surface area contributed by atoms with Gasteiger partial charge in [0.15, 0.2) is 0 Å². The van der Waals surface area contributed by atoms with Crippen molar-refractivity contribution in [2.75, 3.05) is 11.3 Å². The molecule has 8 heteroatoms. The van der Waals surface area contributed by atoms with Gasteiger partial charge < -0.3 is 4.57 Å². The molecule has 2 aromatic carbocycles. The highest BCUT2D eigenvalue weighted by atomic mass is 32.2. The first-order chi connectivity index (χ1) is 12.9. The number of aliphatic imine (C=N–C) groups is 1. The predicted molar refractivity (Wildman–Crippen MR) is 103 cm³/mol. The fourth-order valence-electron chi connectivity index (χ4n) is 3.47. The molecule has 1 aromatic heterocycles. The summed E-state index contributed by atoms with van der Waals surface area (Å²) in [5, 5.41) is 1.81. The maximum atomic E-state index is 14.5. The van der Waals surface area contributed by atoms with Crippen LogP contribution in [0.15, 0.2) is 64.5 Å². The summed E-state index contributed by atoms with van der Waals surface area (Å²) in [5.41, 5.74) is 1.27. The van der Waals surface area contributed by atoms with Gasteiger partial charge in [-0.05, 0) is 42.7 Å². The van der Waals surface area contributed by atoms with E-state index >= 15 is 0 Å². The van der Waals surface area contributed by atoms with Crippen LogP contribution in [0.2, 0.25) is 0 Å². The number of para-hydroxylation sites is 1. The Morgan fingerprint density at radius 1 is 1.07 bits per heavy atom. The highest BCUT2D eigenvalue weighted by Gasteiger charge is 2.64. The molecule has 140 valence electrons. The van der Waals surface area contributed by atoms with Crippen molar-refractivity contribution >= 4 is 34.7 Å². The molecule has 1 aliphatic heterocycles. The Labute approximate surface area is 158 Å². The fraction of sp³-hybridized carbons (Fsp3) is 0.211. The van der Waals surface area contributed by atoms with Crippen molar-refractivity contribution in [1.29, 1.82) is 0 Å². The number of hydrogen-bond donors (Lipinski definition) is 1. The van der Waals surface area contributed by atoms with Crippen molar-refractivity contribution in [1.82, 2.24) is 9.99 Å². The second-order valence-corrected chi connectivity index (χ2v) is 7.12. The first-order valence-electron chi connectivity index (χ1n) is 8.24. The summed E-state index contributed by atoms with van der Waals surface area (Å²) < 4.78 is 45.0. The quantitative estimate of drug-likeness (QED) is 0.660. The molecule has 0 saturated carbocycles. The molecule has 0 bridgehead atoms. The van der Waals surface area contributed by atoms with Gasteiger partial charge in [-0.3, -0.25) is 5.43 Å². The molecule has 1 unspecified atom stereocenters. The number of thioether (sulfide) groups is 1. The number of nitrogens with zero attached hydrogens (tertiary/aromatic N) is 3. The number of hydrazine groups is 1. The summed E-state index contributed by atoms with van der Waals surface area (Å²) in [4.78, 5) is 4.88. The van der Waals surface area contributed by atoms with Crippen LogP contribution in [-0.4, -0.2) is 23.3 Å². The van der Waals surface area contributed by atoms with Gasteiger partial charge in [-0.1, -0.05) is 18.2 Å². The Morgan fingerprint density at radius 3 is 2.41 bits per heavy atom. The molecule has 1 atom stereocenters. The number of anilines is 1. The molecule has 0 fully saturated rings. The lowest BCUT2D eigenvalue weighted by molar-refractivity contribution is -0.189. The summed E-state index contributed by atoms with van der Waals surface area (Å²) in [5.74, 6) is 0. The summed E-state index contributed by atoms with van der Waals surface area (Å²) >= 11 is 1.53. The lowest BCUT2D eigenvalue weighted by atomic mass is 10.0. The number of rotatable bonds is 3. The van der Waals surface area contributed by atoms with Gasteiger partial charge in [0.1, 0.15) is 6.34 Å². The highest BCUT2D eigenvalue weighted by Crippen LogP contribution is 2.48. The third-order valence-corrected chi connectivity index (χ3v) is 5.54. The van der Waals surface area contributed by atoms with E-state index in [0.29, 0.717) is 5.69 Å². The molecule has 0 saturated heterocycles. The molecular formula is C19H17F3N4S. The fourth-order valence-corrected chi connectivity index (χ4v) is 3.88. The number of nitrogens with one attached hydrogen (secondary N) is 1. The van der Waals surface area contributed by atoms with Gasteiger partial charge in [0.2, 0.25) is 0 Å². The maximum Gasteiger partial charge on any atom is 0.440 e. The summed E-state index contributed by atoms with van der Waals surface area (Å²) in [6, 6.07) is 15.7. The third kappa shape index (κ3) is 2.58. The van der Waals surface area contributed by atoms with Crippen LogP contribution in [0.25, 0.3) is 10.9 Å². The van der Waals surface area contributed by atoms with Crippen LogP contribution in [0.1, 0.15) is 5.69 Å². The molecule has 4 rings (SSSR count). The van der Waals surface area contributed by atoms with Crippen LogP contribution in [0.5, 0.6) is 0 Å². The number of benzene rings is 2. The monoisotopic (exact) mass is 390 g/mol. The topological polar surface area (TPSA) is 32.6 Å². The molecule has 0 aliphatic carbocycles. The Kier molecular flexibility index (Phi) is 4.10. The molecular weight excluding hydrogens is 373 g/mol. The smallest absolute Gasteiger partial charge is 0.344 e. The molecule has 3 aromatic rings. The second kappa shape index (κ2) is 6.23. The summed E-state index contributed by atoms with van der Waals surface area (Å²) in [7, 11) is 1.63. The standard InChI is InChI=1S/C19H17F3N4S/c1-25-16-6-4-3-5-13(16)11-17(25)18(19(20,21)22)23-12-24-26(18)14-7-9-15(27-2)10-8-14/h3-12H,1-2H3,(H,23,24). The van der Waals surface area contributed by atoms with Crippen molar-refractivity contribution in [3.05, 3.63) is 60.3 Å². The minimum absolute atomic E-state index is 0.0476. The molecule has 1 aliphatic rings. The number of halogens is 3. The summed E-state index contributed by atoms with van der Waals surface area (Å²) in [6.45, 7) is 0. The van der Waals surface area contributed by atoms with Crippen molar-refractivity contribution in [3.8, 4) is 0 Å². The van der Waals surface area contributed by atoms with E-state index in [9.17, 15) is 13.2 Å². The van der Waals surface area contributed by atoms with Gasteiger partial charge in [0.05, 0.1) is 11.4 Å². The normalized spacial score (nSPS) is 19.7. The molecule has 0 amide bonds. The van der Waals surface area contributed by atoms with Crippen LogP contribution >= 0.6 is 11.8 Å². The molecule has 27 heavy (non-hydrogen) atoms. The zero-order chi connectivity index (χ0) is 19.2. The zero-order valence-corrected chi connectivity index (χ0v) is 15.5. The number of hydrogen-bond acceptors (Lipinski definition) is 4. The number of aryl methyl sites for hydroxylation is 1. The number of fused-ring (bicyclic) bond motifs is 1. The summed E-state index contributed by atoms with van der Waals surface area (Å²) in [6.07, 6.45) is -1.62. The van der Waals surface area contributed by atoms with Crippen LogP contribution in [-0.2, 0) is 12.7 Å². The Morgan fingerprint density at radius 2 is 1.78 bits per heavy atom. The second-order valence-electron chi connectivity index (χ2n) is 6.24. The van der Waals surface area contributed by atoms with E-state index in [-0.39, 0.29) is 5.69 Å². The van der Waals surface area contributed by atoms with Crippen molar-refractivity contribution < 1.29 is 13.2 Å². The van der Waals surface area contributed by atoms with Crippen LogP contribution < -0.4 is 10.4 Å². The van der Waals surface area contributed by atoms with Crippen LogP contribution in [0, 0.1) is 0 Å². The molecule has 1 N–H and O–H groups in total. The Bertz CT molecular complexity index is 1010. The first kappa shape index (κ1) is 17.8. The number of aromatic nitrogens is 1. The largest absolute Gasteiger partial charge is 0.440 e. The van der Waals surface area contributed by atoms with E-state index in [4.69, 9.17) is 0 Å². The zero-order valence-electron chi connectivity index (χ0n) is 14.7. The Hall–Kier alpha value is -2.61. The lowest BCUT2D eigenvalue weighted by Crippen LogP contribution is -2.57. The SMILES string of the molecule is CSc1ccc(N2NC=NC2(c2cc3ccccc3n2C)C(F)(F)F)cc1. The van der Waals surface area contributed by atoms with E-state index in [1.165, 1.54) is 11.8 Å². The average molecular weight is 390 g/mol. The van der Waals surface area contributed by atoms with Crippen molar-refractivity contribution in [2.24, 2.45) is 12.0 Å². The minimum Gasteiger partial charge on any atom is -0.344 e. The van der Waals surface area contributed by atoms with Crippen molar-refractivity contribution in [3.63, 3.8) is 0 Å². The van der Waals surface area contributed by atoms with Crippen LogP contribution in [0.4, 0.5) is 18.9 Å². The predicted octanol–water partition coefficient (Wildman–Crippen LogP) is 4.67. The van der Waals surface area contributed by atoms with E-state index < -0.39 is 11.8 Å². The van der Waals surface area contributed by atoms with Gasteiger partial charge in [0, 0.05) is 22.8 Å². The molecule has 0 spiro atoms. The van der Waals surface area contributed by atoms with Gasteiger partial charge >= 0.3 is 6.18 Å². The molecule has 2 heterocycles. The average Bonchev–Trinajstić information content (AvgIpc) is 3.24. The van der Waals surface area contributed by atoms with Gasteiger partial charge in [-0.25, -0.2) is 10.0 Å². The van der Waals surface area contributed by atoms with E-state index in [1.807, 2.05) is 6.26 Å². The van der Waals surface area contributed by atoms with Gasteiger partial charge in [-0.15, -0.1) is 11.8 Å². The lowest BCUT2D eigenvalue weighted by Gasteiger charge is -2.38. The molecule has 4 nitrogen and oxygen atoms in total.